The van der Waals surface area contributed by atoms with Gasteiger partial charge in [0.05, 0.1) is 84.7 Å². The van der Waals surface area contributed by atoms with Crippen molar-refractivity contribution >= 4 is 23.5 Å². The quantitative estimate of drug-likeness (QED) is 0.0397. The van der Waals surface area contributed by atoms with E-state index in [0.29, 0.717) is 39.6 Å². The highest BCUT2D eigenvalue weighted by Gasteiger charge is 2.23. The first-order valence-electron chi connectivity index (χ1n) is 16.9. The van der Waals surface area contributed by atoms with Gasteiger partial charge in [-0.25, -0.2) is 8.78 Å². The Labute approximate surface area is 304 Å². The molecule has 0 atom stereocenters. The van der Waals surface area contributed by atoms with Crippen LogP contribution in [0.3, 0.4) is 0 Å². The first kappa shape index (κ1) is 40.9. The van der Waals surface area contributed by atoms with E-state index >= 15 is 0 Å². The van der Waals surface area contributed by atoms with Crippen molar-refractivity contribution in [3.8, 4) is 17.6 Å². The molecule has 3 aromatic carbocycles. The number of carbonyl (C=O) groups excluding carboxylic acids is 3. The summed E-state index contributed by atoms with van der Waals surface area (Å²) in [7, 11) is 0. The third-order valence-corrected chi connectivity index (χ3v) is 7.53. The predicted octanol–water partition coefficient (Wildman–Crippen LogP) is 4.46. The number of anilines is 1. The average Bonchev–Trinajstić information content (AvgIpc) is 3.14. The fourth-order valence-corrected chi connectivity index (χ4v) is 4.85. The topological polar surface area (TPSA) is 122 Å². The number of ether oxygens (including phenoxy) is 6. The second-order valence-corrected chi connectivity index (χ2v) is 11.3. The molecule has 11 nitrogen and oxygen atoms in total. The zero-order chi connectivity index (χ0) is 37.8. The molecule has 0 aliphatic carbocycles. The smallest absolute Gasteiger partial charge is 0.313 e. The van der Waals surface area contributed by atoms with Gasteiger partial charge in [0, 0.05) is 36.6 Å². The summed E-state index contributed by atoms with van der Waals surface area (Å²) in [4.78, 5) is 38.9. The van der Waals surface area contributed by atoms with Crippen molar-refractivity contribution in [1.82, 2.24) is 5.32 Å². The molecule has 0 spiro atoms. The summed E-state index contributed by atoms with van der Waals surface area (Å²) < 4.78 is 84.6. The predicted molar refractivity (Wildman–Crippen MR) is 183 cm³/mol. The number of nitrogens with zero attached hydrogens (tertiary/aromatic N) is 1. The SMILES string of the molecule is O=C(CCOCCOCCOCCOCCOCCC(=O)Oc1c(F)c(F)cc(F)c1F)NCCC(=O)N1Cc2ccccc2C#Cc2ccccc21. The van der Waals surface area contributed by atoms with Gasteiger partial charge in [-0.2, -0.15) is 8.78 Å². The molecule has 3 aromatic rings. The van der Waals surface area contributed by atoms with Crippen LogP contribution < -0.4 is 15.0 Å². The van der Waals surface area contributed by atoms with Crippen LogP contribution in [-0.2, 0) is 44.6 Å². The van der Waals surface area contributed by atoms with Gasteiger partial charge in [-0.15, -0.1) is 0 Å². The number of hydrogen-bond donors (Lipinski definition) is 1. The number of para-hydroxylation sites is 1. The zero-order valence-electron chi connectivity index (χ0n) is 28.9. The molecule has 0 saturated carbocycles. The maximum atomic E-state index is 13.6. The van der Waals surface area contributed by atoms with Gasteiger partial charge in [0.25, 0.3) is 0 Å². The van der Waals surface area contributed by atoms with Gasteiger partial charge >= 0.3 is 5.97 Å². The average molecular weight is 745 g/mol. The highest BCUT2D eigenvalue weighted by atomic mass is 19.2. The summed E-state index contributed by atoms with van der Waals surface area (Å²) in [6.45, 7) is 2.73. The van der Waals surface area contributed by atoms with Crippen LogP contribution in [0.25, 0.3) is 0 Å². The van der Waals surface area contributed by atoms with E-state index in [-0.39, 0.29) is 70.3 Å². The van der Waals surface area contributed by atoms with Crippen LogP contribution in [0.2, 0.25) is 0 Å². The van der Waals surface area contributed by atoms with Crippen LogP contribution in [0, 0.1) is 35.1 Å². The van der Waals surface area contributed by atoms with E-state index in [2.05, 4.69) is 21.9 Å². The minimum atomic E-state index is -1.80. The fourth-order valence-electron chi connectivity index (χ4n) is 4.85. The molecule has 15 heteroatoms. The third-order valence-electron chi connectivity index (χ3n) is 7.53. The van der Waals surface area contributed by atoms with Crippen LogP contribution in [0.1, 0.15) is 36.0 Å². The Morgan fingerprint density at radius 2 is 1.15 bits per heavy atom. The highest BCUT2D eigenvalue weighted by molar-refractivity contribution is 5.95. The lowest BCUT2D eigenvalue weighted by molar-refractivity contribution is -0.136. The fraction of sp³-hybridized carbons (Fsp3) is 0.395. The van der Waals surface area contributed by atoms with Gasteiger partial charge in [-0.3, -0.25) is 14.4 Å². The normalized spacial score (nSPS) is 11.8. The maximum Gasteiger partial charge on any atom is 0.313 e. The summed E-state index contributed by atoms with van der Waals surface area (Å²) in [5, 5.41) is 2.78. The second-order valence-electron chi connectivity index (χ2n) is 11.3. The number of esters is 1. The number of hydrogen-bond acceptors (Lipinski definition) is 9. The first-order chi connectivity index (χ1) is 25.7. The highest BCUT2D eigenvalue weighted by Crippen LogP contribution is 2.27. The number of carbonyl (C=O) groups is 3. The molecule has 4 rings (SSSR count). The number of benzene rings is 3. The Morgan fingerprint density at radius 1 is 0.642 bits per heavy atom. The molecule has 0 saturated heterocycles. The number of fused-ring (bicyclic) bond motifs is 2. The molecule has 0 radical (unpaired) electrons. The van der Waals surface area contributed by atoms with E-state index in [4.69, 9.17) is 23.7 Å². The van der Waals surface area contributed by atoms with Crippen molar-refractivity contribution in [3.63, 3.8) is 0 Å². The summed E-state index contributed by atoms with van der Waals surface area (Å²) in [5.74, 6) is -3.52. The molecule has 0 bridgehead atoms. The van der Waals surface area contributed by atoms with Crippen molar-refractivity contribution in [3.05, 3.63) is 94.6 Å². The molecule has 0 aromatic heterocycles. The van der Waals surface area contributed by atoms with E-state index in [1.807, 2.05) is 48.5 Å². The van der Waals surface area contributed by atoms with Crippen LogP contribution >= 0.6 is 0 Å². The van der Waals surface area contributed by atoms with E-state index in [1.54, 1.807) is 4.90 Å². The van der Waals surface area contributed by atoms with E-state index in [0.717, 1.165) is 22.4 Å². The molecule has 1 aliphatic heterocycles. The molecule has 284 valence electrons. The van der Waals surface area contributed by atoms with Gasteiger partial charge in [0.2, 0.25) is 29.2 Å². The summed E-state index contributed by atoms with van der Waals surface area (Å²) in [6.07, 6.45) is -0.131. The Balaban J connectivity index is 0.936. The molecule has 53 heavy (non-hydrogen) atoms. The first-order valence-corrected chi connectivity index (χ1v) is 16.9. The Hall–Kier alpha value is -4.85. The van der Waals surface area contributed by atoms with Gasteiger partial charge in [-0.1, -0.05) is 42.2 Å². The van der Waals surface area contributed by atoms with Crippen molar-refractivity contribution in [1.29, 1.82) is 0 Å². The van der Waals surface area contributed by atoms with Gasteiger partial charge in [0.15, 0.2) is 11.6 Å². The molecule has 1 N–H and O–H groups in total. The van der Waals surface area contributed by atoms with Crippen LogP contribution in [-0.4, -0.2) is 90.4 Å². The summed E-state index contributed by atoms with van der Waals surface area (Å²) in [5.41, 5.74) is 3.35. The number of rotatable bonds is 22. The molecular weight excluding hydrogens is 704 g/mol. The monoisotopic (exact) mass is 744 g/mol. The molecule has 2 amide bonds. The van der Waals surface area contributed by atoms with Crippen molar-refractivity contribution in [2.24, 2.45) is 0 Å². The molecule has 1 aliphatic rings. The lowest BCUT2D eigenvalue weighted by Gasteiger charge is -2.26. The van der Waals surface area contributed by atoms with Crippen LogP contribution in [0.5, 0.6) is 5.75 Å². The Morgan fingerprint density at radius 3 is 1.77 bits per heavy atom. The van der Waals surface area contributed by atoms with Gasteiger partial charge in [-0.05, 0) is 23.8 Å². The zero-order valence-corrected chi connectivity index (χ0v) is 28.9. The lowest BCUT2D eigenvalue weighted by atomic mass is 10.0. The number of nitrogens with one attached hydrogen (secondary N) is 1. The standard InChI is InChI=1S/C38H40F4N2O9/c39-30-25-31(40)37(42)38(36(30)41)53-35(47)13-16-49-18-20-51-22-24-52-23-21-50-19-17-48-15-12-33(45)43-14-11-34(46)44-26-29-7-2-1-5-27(29)9-10-28-6-3-4-8-32(28)44/h1-8,25H,11-24,26H2,(H,43,45). The van der Waals surface area contributed by atoms with Gasteiger partial charge < -0.3 is 38.6 Å². The third kappa shape index (κ3) is 13.6. The molecule has 0 unspecified atom stereocenters. The lowest BCUT2D eigenvalue weighted by Crippen LogP contribution is -2.35. The number of halogens is 4. The summed E-state index contributed by atoms with van der Waals surface area (Å²) >= 11 is 0. The molecule has 1 heterocycles. The number of amides is 2. The van der Waals surface area contributed by atoms with Crippen LogP contribution in [0.15, 0.2) is 54.6 Å². The Kier molecular flexibility index (Phi) is 17.2. The van der Waals surface area contributed by atoms with Crippen LogP contribution in [0.4, 0.5) is 23.2 Å². The molecular formula is C38H40F4N2O9. The van der Waals surface area contributed by atoms with Crippen molar-refractivity contribution in [2.75, 3.05) is 77.5 Å². The second kappa shape index (κ2) is 22.3. The van der Waals surface area contributed by atoms with E-state index in [9.17, 15) is 31.9 Å². The minimum Gasteiger partial charge on any atom is -0.420 e. The largest absolute Gasteiger partial charge is 0.420 e. The summed E-state index contributed by atoms with van der Waals surface area (Å²) in [6, 6.07) is 15.3. The Bertz CT molecular complexity index is 1720. The van der Waals surface area contributed by atoms with Gasteiger partial charge in [0.1, 0.15) is 0 Å². The van der Waals surface area contributed by atoms with Crippen molar-refractivity contribution < 1.29 is 60.4 Å². The maximum absolute atomic E-state index is 13.6. The van der Waals surface area contributed by atoms with Crippen molar-refractivity contribution in [2.45, 2.75) is 25.8 Å². The van der Waals surface area contributed by atoms with E-state index < -0.39 is 41.4 Å². The molecule has 0 fully saturated rings. The minimum absolute atomic E-state index is 0.0115. The van der Waals surface area contributed by atoms with E-state index in [1.165, 1.54) is 0 Å².